The summed E-state index contributed by atoms with van der Waals surface area (Å²) in [4.78, 5) is 22.7. The fourth-order valence-electron chi connectivity index (χ4n) is 1.61. The fourth-order valence-corrected chi connectivity index (χ4v) is 1.61. The zero-order chi connectivity index (χ0) is 18.0. The van der Waals surface area contributed by atoms with Gasteiger partial charge in [0.05, 0.1) is 19.6 Å². The van der Waals surface area contributed by atoms with E-state index in [-0.39, 0.29) is 13.0 Å². The Morgan fingerprint density at radius 2 is 1.88 bits per heavy atom. The van der Waals surface area contributed by atoms with E-state index in [1.165, 1.54) is 6.08 Å². The highest BCUT2D eigenvalue weighted by Gasteiger charge is 2.27. The number of carbonyl (C=O) groups excluding carboxylic acids is 2. The van der Waals surface area contributed by atoms with Crippen LogP contribution in [0.25, 0.3) is 6.08 Å². The van der Waals surface area contributed by atoms with Crippen LogP contribution in [0, 0.1) is 0 Å². The third kappa shape index (κ3) is 8.94. The number of alkyl halides is 3. The van der Waals surface area contributed by atoms with Gasteiger partial charge < -0.3 is 14.8 Å². The molecule has 0 saturated heterocycles. The maximum Gasteiger partial charge on any atom is 0.411 e. The van der Waals surface area contributed by atoms with Crippen molar-refractivity contribution in [3.05, 3.63) is 35.9 Å². The molecule has 1 amide bonds. The Labute approximate surface area is 137 Å². The molecule has 0 unspecified atom stereocenters. The van der Waals surface area contributed by atoms with Crippen molar-refractivity contribution in [2.24, 2.45) is 0 Å². The molecular weight excluding hydrogens is 327 g/mol. The molecular formula is C16H18F3NO4. The van der Waals surface area contributed by atoms with Crippen LogP contribution in [0.4, 0.5) is 18.9 Å². The maximum atomic E-state index is 11.9. The van der Waals surface area contributed by atoms with E-state index in [9.17, 15) is 22.8 Å². The van der Waals surface area contributed by atoms with Crippen LogP contribution in [0.5, 0.6) is 0 Å². The second-order valence-corrected chi connectivity index (χ2v) is 4.67. The highest BCUT2D eigenvalue weighted by Crippen LogP contribution is 2.15. The summed E-state index contributed by atoms with van der Waals surface area (Å²) in [5.41, 5.74) is 1.22. The number of rotatable bonds is 8. The molecule has 0 spiro atoms. The summed E-state index contributed by atoms with van der Waals surface area (Å²) in [6.45, 7) is 0.311. The van der Waals surface area contributed by atoms with E-state index in [1.807, 2.05) is 0 Å². The Balaban J connectivity index is 2.38. The number of anilines is 1. The van der Waals surface area contributed by atoms with Gasteiger partial charge in [0.1, 0.15) is 6.61 Å². The summed E-state index contributed by atoms with van der Waals surface area (Å²) in [6.07, 6.45) is -1.73. The number of amides is 1. The molecule has 0 radical (unpaired) electrons. The van der Waals surface area contributed by atoms with Crippen LogP contribution >= 0.6 is 0 Å². The van der Waals surface area contributed by atoms with E-state index in [4.69, 9.17) is 4.74 Å². The lowest BCUT2D eigenvalue weighted by Gasteiger charge is -2.08. The predicted octanol–water partition coefficient (Wildman–Crippen LogP) is 3.17. The first-order chi connectivity index (χ1) is 11.3. The minimum absolute atomic E-state index is 0.180. The van der Waals surface area contributed by atoms with Gasteiger partial charge in [0, 0.05) is 11.8 Å². The Hall–Kier alpha value is -2.35. The Kier molecular flexibility index (Phi) is 7.97. The lowest BCUT2D eigenvalue weighted by atomic mass is 10.2. The second-order valence-electron chi connectivity index (χ2n) is 4.67. The molecule has 0 heterocycles. The Bertz CT molecular complexity index is 568. The van der Waals surface area contributed by atoms with Crippen molar-refractivity contribution in [1.29, 1.82) is 0 Å². The summed E-state index contributed by atoms with van der Waals surface area (Å²) in [5.74, 6) is -0.902. The molecule has 0 aliphatic carbocycles. The summed E-state index contributed by atoms with van der Waals surface area (Å²) in [5, 5.41) is 2.54. The summed E-state index contributed by atoms with van der Waals surface area (Å²) >= 11 is 0. The third-order valence-corrected chi connectivity index (χ3v) is 2.63. The molecule has 0 bridgehead atoms. The van der Waals surface area contributed by atoms with Crippen LogP contribution in [0.2, 0.25) is 0 Å². The second kappa shape index (κ2) is 9.71. The number of esters is 1. The zero-order valence-electron chi connectivity index (χ0n) is 13.1. The van der Waals surface area contributed by atoms with Gasteiger partial charge in [0.25, 0.3) is 0 Å². The summed E-state index contributed by atoms with van der Waals surface area (Å²) < 4.78 is 44.7. The molecule has 0 atom stereocenters. The molecule has 5 nitrogen and oxygen atoms in total. The van der Waals surface area contributed by atoms with Gasteiger partial charge in [-0.15, -0.1) is 0 Å². The number of benzene rings is 1. The van der Waals surface area contributed by atoms with Crippen LogP contribution < -0.4 is 5.32 Å². The van der Waals surface area contributed by atoms with Gasteiger partial charge in [-0.3, -0.25) is 4.79 Å². The van der Waals surface area contributed by atoms with Gasteiger partial charge in [-0.2, -0.15) is 13.2 Å². The highest BCUT2D eigenvalue weighted by atomic mass is 19.4. The molecule has 0 fully saturated rings. The SMILES string of the molecule is CCOC(=O)/C=C/c1ccc(NC(=O)CCOCC(F)(F)F)cc1. The van der Waals surface area contributed by atoms with E-state index in [1.54, 1.807) is 37.3 Å². The molecule has 0 aliphatic heterocycles. The number of hydrogen-bond donors (Lipinski definition) is 1. The minimum atomic E-state index is -4.40. The molecule has 0 saturated carbocycles. The fraction of sp³-hybridized carbons (Fsp3) is 0.375. The number of hydrogen-bond acceptors (Lipinski definition) is 4. The average Bonchev–Trinajstić information content (AvgIpc) is 2.50. The lowest BCUT2D eigenvalue weighted by Crippen LogP contribution is -2.20. The maximum absolute atomic E-state index is 11.9. The highest BCUT2D eigenvalue weighted by molar-refractivity contribution is 5.91. The standard InChI is InChI=1S/C16H18F3NO4/c1-2-24-15(22)8-5-12-3-6-13(7-4-12)20-14(21)9-10-23-11-16(17,18)19/h3-8H,2,9-11H2,1H3,(H,20,21)/b8-5+. The largest absolute Gasteiger partial charge is 0.463 e. The van der Waals surface area contributed by atoms with Crippen LogP contribution in [-0.2, 0) is 19.1 Å². The molecule has 1 aromatic rings. The first-order valence-electron chi connectivity index (χ1n) is 7.19. The van der Waals surface area contributed by atoms with Crippen LogP contribution in [0.3, 0.4) is 0 Å². The molecule has 1 aromatic carbocycles. The van der Waals surface area contributed by atoms with Gasteiger partial charge >= 0.3 is 12.1 Å². The molecule has 0 aromatic heterocycles. The molecule has 24 heavy (non-hydrogen) atoms. The first-order valence-corrected chi connectivity index (χ1v) is 7.19. The van der Waals surface area contributed by atoms with E-state index >= 15 is 0 Å². The van der Waals surface area contributed by atoms with Gasteiger partial charge in [-0.1, -0.05) is 12.1 Å². The van der Waals surface area contributed by atoms with Gasteiger partial charge in [-0.05, 0) is 30.7 Å². The van der Waals surface area contributed by atoms with Gasteiger partial charge in [0.2, 0.25) is 5.91 Å². The molecule has 132 valence electrons. The molecule has 1 N–H and O–H groups in total. The Morgan fingerprint density at radius 3 is 2.46 bits per heavy atom. The lowest BCUT2D eigenvalue weighted by molar-refractivity contribution is -0.174. The van der Waals surface area contributed by atoms with E-state index in [0.717, 1.165) is 5.56 Å². The van der Waals surface area contributed by atoms with E-state index < -0.39 is 24.7 Å². The van der Waals surface area contributed by atoms with Crippen molar-refractivity contribution in [3.8, 4) is 0 Å². The normalized spacial score (nSPS) is 11.5. The Morgan fingerprint density at radius 1 is 1.21 bits per heavy atom. The van der Waals surface area contributed by atoms with Crippen molar-refractivity contribution in [2.45, 2.75) is 19.5 Å². The van der Waals surface area contributed by atoms with Crippen LogP contribution in [-0.4, -0.2) is 37.9 Å². The van der Waals surface area contributed by atoms with Crippen molar-refractivity contribution in [1.82, 2.24) is 0 Å². The molecule has 1 rings (SSSR count). The van der Waals surface area contributed by atoms with E-state index in [2.05, 4.69) is 10.1 Å². The predicted molar refractivity (Wildman–Crippen MR) is 82.2 cm³/mol. The average molecular weight is 345 g/mol. The van der Waals surface area contributed by atoms with Gasteiger partial charge in [0.15, 0.2) is 0 Å². The third-order valence-electron chi connectivity index (χ3n) is 2.63. The molecule has 8 heteroatoms. The number of ether oxygens (including phenoxy) is 2. The quantitative estimate of drug-likeness (QED) is 0.446. The molecule has 0 aliphatic rings. The minimum Gasteiger partial charge on any atom is -0.463 e. The van der Waals surface area contributed by atoms with E-state index in [0.29, 0.717) is 12.3 Å². The van der Waals surface area contributed by atoms with Crippen molar-refractivity contribution < 1.29 is 32.2 Å². The van der Waals surface area contributed by atoms with Crippen molar-refractivity contribution >= 4 is 23.6 Å². The van der Waals surface area contributed by atoms with Crippen LogP contribution in [0.1, 0.15) is 18.9 Å². The number of halogens is 3. The number of nitrogens with one attached hydrogen (secondary N) is 1. The number of carbonyl (C=O) groups is 2. The smallest absolute Gasteiger partial charge is 0.411 e. The van der Waals surface area contributed by atoms with Gasteiger partial charge in [-0.25, -0.2) is 4.79 Å². The van der Waals surface area contributed by atoms with Crippen molar-refractivity contribution in [3.63, 3.8) is 0 Å². The topological polar surface area (TPSA) is 64.6 Å². The first kappa shape index (κ1) is 19.7. The zero-order valence-corrected chi connectivity index (χ0v) is 13.1. The monoisotopic (exact) mass is 345 g/mol. The summed E-state index contributed by atoms with van der Waals surface area (Å²) in [7, 11) is 0. The van der Waals surface area contributed by atoms with Crippen molar-refractivity contribution in [2.75, 3.05) is 25.1 Å². The summed E-state index contributed by atoms with van der Waals surface area (Å²) in [6, 6.07) is 6.57. The van der Waals surface area contributed by atoms with Crippen LogP contribution in [0.15, 0.2) is 30.3 Å².